The number of ether oxygens (including phenoxy) is 4. The average molecular weight is 819 g/mol. The summed E-state index contributed by atoms with van der Waals surface area (Å²) in [6.45, 7) is 26.4. The maximum Gasteiger partial charge on any atom is 0.311 e. The molecular formula is C44H70ClN4O8+. The van der Waals surface area contributed by atoms with Gasteiger partial charge in [0.2, 0.25) is 11.8 Å². The van der Waals surface area contributed by atoms with Crippen LogP contribution in [0.15, 0.2) is 36.4 Å². The van der Waals surface area contributed by atoms with E-state index in [1.807, 2.05) is 36.4 Å². The summed E-state index contributed by atoms with van der Waals surface area (Å²) >= 11 is 0. The maximum atomic E-state index is 12.4. The molecule has 2 heterocycles. The molecule has 0 aliphatic carbocycles. The lowest BCUT2D eigenvalue weighted by Gasteiger charge is -2.26. The molecule has 0 spiro atoms. The van der Waals surface area contributed by atoms with E-state index in [9.17, 15) is 19.2 Å². The molecule has 2 saturated heterocycles. The molecule has 4 rings (SSSR count). The van der Waals surface area contributed by atoms with E-state index in [2.05, 4.69) is 70.9 Å². The summed E-state index contributed by atoms with van der Waals surface area (Å²) in [5.74, 6) is 1.40. The number of hydrogen-bond acceptors (Lipinski definition) is 9. The maximum absolute atomic E-state index is 12.4. The zero-order chi connectivity index (χ0) is 41.0. The van der Waals surface area contributed by atoms with Crippen molar-refractivity contribution in [2.24, 2.45) is 0 Å². The molecule has 12 nitrogen and oxygen atoms in total. The summed E-state index contributed by atoms with van der Waals surface area (Å²) in [4.78, 5) is 52.5. The number of quaternary nitrogens is 1. The molecule has 13 heteroatoms. The third kappa shape index (κ3) is 17.9. The summed E-state index contributed by atoms with van der Waals surface area (Å²) < 4.78 is 22.1. The summed E-state index contributed by atoms with van der Waals surface area (Å²) in [6.07, 6.45) is 0.453. The molecule has 0 aromatic heterocycles. The summed E-state index contributed by atoms with van der Waals surface area (Å²) in [5.41, 5.74) is 4.10. The number of benzene rings is 2. The largest absolute Gasteiger partial charge is 0.426 e. The number of halogens is 1. The van der Waals surface area contributed by atoms with Gasteiger partial charge in [-0.25, -0.2) is 0 Å². The first-order valence-electron chi connectivity index (χ1n) is 20.7. The number of morpholine rings is 2. The highest BCUT2D eigenvalue weighted by atomic mass is 35.5. The van der Waals surface area contributed by atoms with Gasteiger partial charge in [0, 0.05) is 39.0 Å². The highest BCUT2D eigenvalue weighted by molar-refractivity contribution is 5.85. The van der Waals surface area contributed by atoms with Crippen molar-refractivity contribution in [3.8, 4) is 11.5 Å². The van der Waals surface area contributed by atoms with Crippen LogP contribution in [0.25, 0.3) is 0 Å². The van der Waals surface area contributed by atoms with Gasteiger partial charge >= 0.3 is 11.9 Å². The second-order valence-electron chi connectivity index (χ2n) is 15.9. The van der Waals surface area contributed by atoms with Crippen LogP contribution in [0.1, 0.15) is 127 Å². The highest BCUT2D eigenvalue weighted by Crippen LogP contribution is 2.36. The summed E-state index contributed by atoms with van der Waals surface area (Å²) in [7, 11) is 0. The summed E-state index contributed by atoms with van der Waals surface area (Å²) in [5, 5.41) is 5.78. The Kier molecular flexibility index (Phi) is 23.0. The minimum Gasteiger partial charge on any atom is -0.426 e. The lowest BCUT2D eigenvalue weighted by Crippen LogP contribution is -3.14. The normalized spacial score (nSPS) is 14.8. The van der Waals surface area contributed by atoms with Crippen LogP contribution in [0, 0.1) is 0 Å². The number of carbonyl (C=O) groups excluding carboxylic acids is 4. The van der Waals surface area contributed by atoms with E-state index in [4.69, 9.17) is 18.9 Å². The molecule has 57 heavy (non-hydrogen) atoms. The van der Waals surface area contributed by atoms with Gasteiger partial charge in [-0.05, 0) is 45.9 Å². The van der Waals surface area contributed by atoms with Crippen LogP contribution in [0.2, 0.25) is 0 Å². The van der Waals surface area contributed by atoms with Gasteiger partial charge in [0.25, 0.3) is 0 Å². The van der Waals surface area contributed by atoms with Gasteiger partial charge in [-0.3, -0.25) is 24.1 Å². The molecule has 2 amide bonds. The second kappa shape index (κ2) is 26.5. The molecule has 2 fully saturated rings. The van der Waals surface area contributed by atoms with E-state index >= 15 is 0 Å². The topological polar surface area (TPSA) is 137 Å². The number of hydrogen-bond donors (Lipinski definition) is 3. The van der Waals surface area contributed by atoms with Crippen LogP contribution in [0.3, 0.4) is 0 Å². The Bertz CT molecular complexity index is 1370. The van der Waals surface area contributed by atoms with E-state index < -0.39 is 0 Å². The predicted molar refractivity (Wildman–Crippen MR) is 226 cm³/mol. The van der Waals surface area contributed by atoms with E-state index in [1.165, 1.54) is 4.90 Å². The molecule has 0 saturated carbocycles. The first-order valence-corrected chi connectivity index (χ1v) is 20.7. The van der Waals surface area contributed by atoms with Gasteiger partial charge in [0.1, 0.15) is 24.6 Å². The zero-order valence-corrected chi connectivity index (χ0v) is 36.5. The van der Waals surface area contributed by atoms with Crippen LogP contribution in [0.5, 0.6) is 11.5 Å². The number of rotatable bonds is 18. The van der Waals surface area contributed by atoms with Gasteiger partial charge in [-0.2, -0.15) is 0 Å². The van der Waals surface area contributed by atoms with E-state index in [-0.39, 0.29) is 85.5 Å². The fraction of sp³-hybridized carbons (Fsp3) is 0.636. The average Bonchev–Trinajstić information content (AvgIpc) is 3.17. The van der Waals surface area contributed by atoms with Gasteiger partial charge in [-0.15, -0.1) is 12.4 Å². The van der Waals surface area contributed by atoms with Gasteiger partial charge in [0.05, 0.1) is 52.4 Å². The smallest absolute Gasteiger partial charge is 0.311 e. The molecule has 3 N–H and O–H groups in total. The fourth-order valence-electron chi connectivity index (χ4n) is 6.61. The Labute approximate surface area is 347 Å². The Hall–Kier alpha value is -3.55. The molecule has 0 bridgehead atoms. The lowest BCUT2D eigenvalue weighted by atomic mass is 9.94. The van der Waals surface area contributed by atoms with E-state index in [1.54, 1.807) is 0 Å². The Morgan fingerprint density at radius 1 is 0.614 bits per heavy atom. The minimum absolute atomic E-state index is 0. The number of carbonyl (C=O) groups is 4. The van der Waals surface area contributed by atoms with Crippen molar-refractivity contribution in [2.45, 2.75) is 105 Å². The third-order valence-corrected chi connectivity index (χ3v) is 10.0. The molecule has 0 unspecified atom stereocenters. The number of nitrogens with zero attached hydrogens (tertiary/aromatic N) is 1. The Balaban J connectivity index is 0.000000387. The molecule has 2 aliphatic rings. The van der Waals surface area contributed by atoms with Gasteiger partial charge < -0.3 is 34.5 Å². The van der Waals surface area contributed by atoms with Crippen LogP contribution in [-0.4, -0.2) is 107 Å². The molecule has 0 radical (unpaired) electrons. The van der Waals surface area contributed by atoms with E-state index in [0.29, 0.717) is 24.6 Å². The monoisotopic (exact) mass is 817 g/mol. The van der Waals surface area contributed by atoms with Crippen molar-refractivity contribution in [1.29, 1.82) is 0 Å². The fourth-order valence-corrected chi connectivity index (χ4v) is 6.61. The quantitative estimate of drug-likeness (QED) is 0.138. The van der Waals surface area contributed by atoms with Crippen LogP contribution >= 0.6 is 12.4 Å². The summed E-state index contributed by atoms with van der Waals surface area (Å²) in [6, 6.07) is 12.0. The molecule has 2 aromatic carbocycles. The SMILES string of the molecule is CC(C)c1cccc(C(C)C)c1OC(=O)CCC(=O)NCCN1CCOCC1.CC(C)c1cccc(C(C)C)c1OC(=O)CCC(=O)NCC[NH+]1CCOCC1.Cl. The minimum atomic E-state index is -0.363. The first kappa shape index (κ1) is 49.6. The molecular weight excluding hydrogens is 748 g/mol. The van der Waals surface area contributed by atoms with Crippen LogP contribution in [0.4, 0.5) is 0 Å². The number of para-hydroxylation sites is 2. The van der Waals surface area contributed by atoms with Crippen LogP contribution < -0.4 is 25.0 Å². The van der Waals surface area contributed by atoms with Crippen molar-refractivity contribution in [2.75, 3.05) is 78.8 Å². The standard InChI is InChI=1S/2C22H34N2O4.ClH/c2*1-16(2)18-6-5-7-19(17(3)4)22(18)28-21(26)9-8-20(25)23-10-11-24-12-14-27-15-13-24;/h2*5-7,16-17H,8-15H2,1-4H3,(H,23,25);1H/p+1. The number of nitrogens with one attached hydrogen (secondary N) is 3. The number of esters is 2. The predicted octanol–water partition coefficient (Wildman–Crippen LogP) is 5.14. The van der Waals surface area contributed by atoms with Crippen molar-refractivity contribution in [1.82, 2.24) is 15.5 Å². The number of amides is 2. The van der Waals surface area contributed by atoms with E-state index in [0.717, 1.165) is 87.9 Å². The van der Waals surface area contributed by atoms with Crippen molar-refractivity contribution >= 4 is 36.2 Å². The Morgan fingerprint density at radius 2 is 1.00 bits per heavy atom. The molecule has 0 atom stereocenters. The van der Waals surface area contributed by atoms with Gasteiger partial charge in [0.15, 0.2) is 0 Å². The molecule has 2 aliphatic heterocycles. The molecule has 2 aromatic rings. The third-order valence-electron chi connectivity index (χ3n) is 10.0. The molecule has 320 valence electrons. The van der Waals surface area contributed by atoms with Gasteiger partial charge in [-0.1, -0.05) is 91.8 Å². The van der Waals surface area contributed by atoms with Crippen molar-refractivity contribution < 1.29 is 43.0 Å². The van der Waals surface area contributed by atoms with Crippen molar-refractivity contribution in [3.63, 3.8) is 0 Å². The van der Waals surface area contributed by atoms with Crippen molar-refractivity contribution in [3.05, 3.63) is 58.7 Å². The zero-order valence-electron chi connectivity index (χ0n) is 35.7. The second-order valence-corrected chi connectivity index (χ2v) is 15.9. The Morgan fingerprint density at radius 3 is 1.40 bits per heavy atom. The van der Waals surface area contributed by atoms with Crippen LogP contribution in [-0.2, 0) is 28.7 Å². The first-order chi connectivity index (χ1) is 26.8. The highest BCUT2D eigenvalue weighted by Gasteiger charge is 2.21. The lowest BCUT2D eigenvalue weighted by molar-refractivity contribution is -0.906.